The summed E-state index contributed by atoms with van der Waals surface area (Å²) in [6, 6.07) is 3.70. The fourth-order valence-electron chi connectivity index (χ4n) is 2.65. The molecular weight excluding hydrogens is 356 g/mol. The Kier molecular flexibility index (Phi) is 4.10. The molecule has 0 saturated carbocycles. The van der Waals surface area contributed by atoms with Crippen LogP contribution < -0.4 is 0 Å². The number of ketones is 1. The number of thioether (sulfide) groups is 1. The second-order valence-electron chi connectivity index (χ2n) is 5.41. The fourth-order valence-corrected chi connectivity index (χ4v) is 4.11. The molecular formula is C16H14N6OS2. The third-order valence-corrected chi connectivity index (χ3v) is 5.37. The van der Waals surface area contributed by atoms with E-state index in [4.69, 9.17) is 0 Å². The molecule has 4 aromatic rings. The van der Waals surface area contributed by atoms with Gasteiger partial charge < -0.3 is 0 Å². The van der Waals surface area contributed by atoms with Crippen molar-refractivity contribution in [3.63, 3.8) is 0 Å². The van der Waals surface area contributed by atoms with Gasteiger partial charge in [-0.1, -0.05) is 11.8 Å². The largest absolute Gasteiger partial charge is 0.294 e. The fraction of sp³-hybridized carbons (Fsp3) is 0.188. The standard InChI is InChI=1S/C16H14N6OS2/c1-10-8-12(11(2)22(10)16-18-5-7-24-16)13(23)9-25-15-19-14-17-4-3-6-21(14)20-15/h3-8H,9H2,1-2H3. The number of nitrogens with zero attached hydrogens (tertiary/aromatic N) is 6. The van der Waals surface area contributed by atoms with E-state index in [0.29, 0.717) is 16.5 Å². The van der Waals surface area contributed by atoms with E-state index in [0.717, 1.165) is 16.5 Å². The van der Waals surface area contributed by atoms with Crippen molar-refractivity contribution in [2.75, 3.05) is 5.75 Å². The van der Waals surface area contributed by atoms with Crippen molar-refractivity contribution in [1.82, 2.24) is 29.1 Å². The molecule has 0 unspecified atom stereocenters. The number of aryl methyl sites for hydroxylation is 1. The van der Waals surface area contributed by atoms with Gasteiger partial charge in [0.1, 0.15) is 0 Å². The molecule has 0 aromatic carbocycles. The van der Waals surface area contributed by atoms with Gasteiger partial charge in [0.25, 0.3) is 5.78 Å². The van der Waals surface area contributed by atoms with Crippen molar-refractivity contribution in [3.8, 4) is 5.13 Å². The molecule has 9 heteroatoms. The molecule has 0 amide bonds. The Morgan fingerprint density at radius 1 is 1.28 bits per heavy atom. The summed E-state index contributed by atoms with van der Waals surface area (Å²) in [6.07, 6.45) is 5.21. The first-order chi connectivity index (χ1) is 12.1. The Morgan fingerprint density at radius 2 is 2.16 bits per heavy atom. The predicted molar refractivity (Wildman–Crippen MR) is 96.8 cm³/mol. The van der Waals surface area contributed by atoms with Crippen LogP contribution in [0, 0.1) is 13.8 Å². The molecule has 0 spiro atoms. The van der Waals surface area contributed by atoms with Crippen molar-refractivity contribution in [2.45, 2.75) is 19.0 Å². The number of aromatic nitrogens is 6. The van der Waals surface area contributed by atoms with Gasteiger partial charge in [0.15, 0.2) is 10.9 Å². The molecule has 0 N–H and O–H groups in total. The van der Waals surface area contributed by atoms with Gasteiger partial charge in [0.05, 0.1) is 5.75 Å². The maximum Gasteiger partial charge on any atom is 0.253 e. The number of Topliss-reactive ketones (excluding diaryl/α,β-unsaturated/α-hetero) is 1. The Hall–Kier alpha value is -2.52. The highest BCUT2D eigenvalue weighted by Gasteiger charge is 2.18. The smallest absolute Gasteiger partial charge is 0.253 e. The van der Waals surface area contributed by atoms with Crippen LogP contribution in [0.15, 0.2) is 41.3 Å². The van der Waals surface area contributed by atoms with Crippen LogP contribution in [0.25, 0.3) is 10.9 Å². The van der Waals surface area contributed by atoms with Crippen LogP contribution >= 0.6 is 23.1 Å². The van der Waals surface area contributed by atoms with E-state index in [-0.39, 0.29) is 11.5 Å². The summed E-state index contributed by atoms with van der Waals surface area (Å²) < 4.78 is 3.61. The summed E-state index contributed by atoms with van der Waals surface area (Å²) in [4.78, 5) is 25.4. The minimum absolute atomic E-state index is 0.0488. The highest BCUT2D eigenvalue weighted by atomic mass is 32.2. The molecule has 0 atom stereocenters. The van der Waals surface area contributed by atoms with Crippen molar-refractivity contribution >= 4 is 34.7 Å². The van der Waals surface area contributed by atoms with Crippen LogP contribution in [-0.2, 0) is 0 Å². The number of rotatable bonds is 5. The van der Waals surface area contributed by atoms with Gasteiger partial charge in [-0.3, -0.25) is 9.36 Å². The molecule has 0 aliphatic rings. The lowest BCUT2D eigenvalue weighted by Crippen LogP contribution is -2.05. The highest BCUT2D eigenvalue weighted by molar-refractivity contribution is 7.99. The van der Waals surface area contributed by atoms with Crippen LogP contribution in [0.5, 0.6) is 0 Å². The third kappa shape index (κ3) is 2.96. The molecule has 0 bridgehead atoms. The first-order valence-electron chi connectivity index (χ1n) is 7.55. The Labute approximate surface area is 151 Å². The number of hydrogen-bond donors (Lipinski definition) is 0. The van der Waals surface area contributed by atoms with Gasteiger partial charge in [-0.05, 0) is 26.0 Å². The van der Waals surface area contributed by atoms with Gasteiger partial charge >= 0.3 is 0 Å². The lowest BCUT2D eigenvalue weighted by molar-refractivity contribution is 0.102. The van der Waals surface area contributed by atoms with Crippen LogP contribution in [-0.4, -0.2) is 40.7 Å². The van der Waals surface area contributed by atoms with E-state index in [9.17, 15) is 4.79 Å². The first-order valence-corrected chi connectivity index (χ1v) is 9.42. The number of thiazole rings is 1. The zero-order valence-electron chi connectivity index (χ0n) is 13.6. The highest BCUT2D eigenvalue weighted by Crippen LogP contribution is 2.24. The molecule has 0 aliphatic heterocycles. The normalized spacial score (nSPS) is 11.3. The van der Waals surface area contributed by atoms with Gasteiger partial charge in [0.2, 0.25) is 5.16 Å². The zero-order chi connectivity index (χ0) is 17.4. The molecule has 4 rings (SSSR count). The lowest BCUT2D eigenvalue weighted by atomic mass is 10.2. The zero-order valence-corrected chi connectivity index (χ0v) is 15.2. The summed E-state index contributed by atoms with van der Waals surface area (Å²) in [5.74, 6) is 0.853. The van der Waals surface area contributed by atoms with E-state index < -0.39 is 0 Å². The minimum atomic E-state index is 0.0488. The molecule has 0 saturated heterocycles. The second kappa shape index (κ2) is 6.41. The second-order valence-corrected chi connectivity index (χ2v) is 7.22. The Morgan fingerprint density at radius 3 is 2.92 bits per heavy atom. The maximum absolute atomic E-state index is 12.7. The van der Waals surface area contributed by atoms with E-state index in [1.165, 1.54) is 11.8 Å². The third-order valence-electron chi connectivity index (χ3n) is 3.77. The molecule has 7 nitrogen and oxygen atoms in total. The van der Waals surface area contributed by atoms with Crippen LogP contribution in [0.4, 0.5) is 0 Å². The van der Waals surface area contributed by atoms with E-state index >= 15 is 0 Å². The number of carbonyl (C=O) groups excluding carboxylic acids is 1. The van der Waals surface area contributed by atoms with Gasteiger partial charge in [-0.2, -0.15) is 4.98 Å². The minimum Gasteiger partial charge on any atom is -0.294 e. The van der Waals surface area contributed by atoms with Gasteiger partial charge in [0, 0.05) is 40.9 Å². The lowest BCUT2D eigenvalue weighted by Gasteiger charge is -2.05. The predicted octanol–water partition coefficient (Wildman–Crippen LogP) is 2.96. The Bertz CT molecular complexity index is 1020. The summed E-state index contributed by atoms with van der Waals surface area (Å²) in [7, 11) is 0. The average molecular weight is 370 g/mol. The monoisotopic (exact) mass is 370 g/mol. The summed E-state index contributed by atoms with van der Waals surface area (Å²) in [5.41, 5.74) is 2.61. The van der Waals surface area contributed by atoms with Crippen LogP contribution in [0.1, 0.15) is 21.7 Å². The van der Waals surface area contributed by atoms with E-state index in [1.54, 1.807) is 40.5 Å². The topological polar surface area (TPSA) is 78.0 Å². The summed E-state index contributed by atoms with van der Waals surface area (Å²) in [5, 5.41) is 7.64. The molecule has 0 radical (unpaired) electrons. The molecule has 0 aliphatic carbocycles. The van der Waals surface area contributed by atoms with E-state index in [1.807, 2.05) is 29.9 Å². The quantitative estimate of drug-likeness (QED) is 0.397. The van der Waals surface area contributed by atoms with E-state index in [2.05, 4.69) is 20.1 Å². The molecule has 4 aromatic heterocycles. The molecule has 126 valence electrons. The average Bonchev–Trinajstić information content (AvgIpc) is 3.31. The Balaban J connectivity index is 1.54. The first kappa shape index (κ1) is 16.0. The summed E-state index contributed by atoms with van der Waals surface area (Å²) in [6.45, 7) is 3.92. The maximum atomic E-state index is 12.7. The van der Waals surface area contributed by atoms with Crippen molar-refractivity contribution in [1.29, 1.82) is 0 Å². The molecule has 4 heterocycles. The number of hydrogen-bond acceptors (Lipinski definition) is 7. The van der Waals surface area contributed by atoms with Crippen molar-refractivity contribution < 1.29 is 4.79 Å². The number of carbonyl (C=O) groups is 1. The summed E-state index contributed by atoms with van der Waals surface area (Å²) >= 11 is 2.86. The van der Waals surface area contributed by atoms with Crippen molar-refractivity contribution in [3.05, 3.63) is 53.1 Å². The molecule has 25 heavy (non-hydrogen) atoms. The SMILES string of the molecule is Cc1cc(C(=O)CSc2nc3ncccn3n2)c(C)n1-c1nccs1. The number of fused-ring (bicyclic) bond motifs is 1. The van der Waals surface area contributed by atoms with Gasteiger partial charge in [-0.15, -0.1) is 16.4 Å². The van der Waals surface area contributed by atoms with Crippen LogP contribution in [0.3, 0.4) is 0 Å². The van der Waals surface area contributed by atoms with Gasteiger partial charge in [-0.25, -0.2) is 14.5 Å². The van der Waals surface area contributed by atoms with Crippen molar-refractivity contribution in [2.24, 2.45) is 0 Å². The van der Waals surface area contributed by atoms with Crippen LogP contribution in [0.2, 0.25) is 0 Å². The molecule has 0 fully saturated rings.